The van der Waals surface area contributed by atoms with Crippen molar-refractivity contribution in [2.75, 3.05) is 0 Å². The van der Waals surface area contributed by atoms with Crippen molar-refractivity contribution in [1.29, 1.82) is 0 Å². The number of carboxylic acids is 1. The maximum absolute atomic E-state index is 12.2. The first-order chi connectivity index (χ1) is 8.53. The van der Waals surface area contributed by atoms with Crippen LogP contribution in [0.25, 0.3) is 0 Å². The zero-order valence-electron chi connectivity index (χ0n) is 12.5. The van der Waals surface area contributed by atoms with E-state index in [1.54, 1.807) is 13.8 Å². The van der Waals surface area contributed by atoms with Crippen molar-refractivity contribution in [3.8, 4) is 0 Å². The number of carbonyl (C=O) groups is 2. The van der Waals surface area contributed by atoms with Gasteiger partial charge in [-0.3, -0.25) is 13.8 Å². The Balaban J connectivity index is 4.90. The molecule has 3 unspecified atom stereocenters. The SMILES string of the molecule is CCC(C)(C)NC(=O)C(C)S(=O)C(C(=O)O)C(C)C. The fraction of sp³-hybridized carbons (Fsp3) is 0.846. The van der Waals surface area contributed by atoms with Crippen molar-refractivity contribution < 1.29 is 18.9 Å². The summed E-state index contributed by atoms with van der Waals surface area (Å²) in [6, 6.07) is 0. The summed E-state index contributed by atoms with van der Waals surface area (Å²) in [4.78, 5) is 23.1. The number of nitrogens with one attached hydrogen (secondary N) is 1. The van der Waals surface area contributed by atoms with E-state index in [4.69, 9.17) is 5.11 Å². The quantitative estimate of drug-likeness (QED) is 0.745. The van der Waals surface area contributed by atoms with Gasteiger partial charge in [-0.15, -0.1) is 0 Å². The van der Waals surface area contributed by atoms with E-state index in [9.17, 15) is 13.8 Å². The molecule has 19 heavy (non-hydrogen) atoms. The molecule has 0 heterocycles. The van der Waals surface area contributed by atoms with E-state index in [-0.39, 0.29) is 17.4 Å². The molecular weight excluding hydrogens is 266 g/mol. The number of amides is 1. The molecule has 0 aliphatic rings. The molecule has 0 rings (SSSR count). The summed E-state index contributed by atoms with van der Waals surface area (Å²) in [5, 5.41) is 10.0. The van der Waals surface area contributed by atoms with Crippen molar-refractivity contribution in [1.82, 2.24) is 5.32 Å². The lowest BCUT2D eigenvalue weighted by molar-refractivity contribution is -0.137. The van der Waals surface area contributed by atoms with Crippen LogP contribution in [0.2, 0.25) is 0 Å². The second-order valence-corrected chi connectivity index (χ2v) is 7.57. The minimum absolute atomic E-state index is 0.284. The molecule has 0 fully saturated rings. The fourth-order valence-corrected chi connectivity index (χ4v) is 2.95. The van der Waals surface area contributed by atoms with Crippen molar-refractivity contribution >= 4 is 22.7 Å². The van der Waals surface area contributed by atoms with Gasteiger partial charge in [0.1, 0.15) is 10.5 Å². The van der Waals surface area contributed by atoms with E-state index in [2.05, 4.69) is 5.32 Å². The van der Waals surface area contributed by atoms with Gasteiger partial charge in [-0.1, -0.05) is 20.8 Å². The molecule has 0 aromatic carbocycles. The normalized spacial score (nSPS) is 16.8. The molecule has 0 saturated heterocycles. The van der Waals surface area contributed by atoms with Crippen LogP contribution in [0.15, 0.2) is 0 Å². The third-order valence-electron chi connectivity index (χ3n) is 3.16. The topological polar surface area (TPSA) is 83.5 Å². The van der Waals surface area contributed by atoms with Gasteiger partial charge in [0.25, 0.3) is 0 Å². The first kappa shape index (κ1) is 18.1. The van der Waals surface area contributed by atoms with Gasteiger partial charge in [0, 0.05) is 16.3 Å². The third-order valence-corrected chi connectivity index (χ3v) is 5.32. The Bertz CT molecular complexity index is 366. The lowest BCUT2D eigenvalue weighted by atomic mass is 10.0. The van der Waals surface area contributed by atoms with Gasteiger partial charge in [-0.05, 0) is 33.1 Å². The Morgan fingerprint density at radius 1 is 1.26 bits per heavy atom. The van der Waals surface area contributed by atoms with E-state index in [0.29, 0.717) is 0 Å². The van der Waals surface area contributed by atoms with Crippen LogP contribution < -0.4 is 5.32 Å². The fourth-order valence-electron chi connectivity index (χ4n) is 1.50. The number of carboxylic acid groups (broad SMARTS) is 1. The molecule has 5 nitrogen and oxygen atoms in total. The summed E-state index contributed by atoms with van der Waals surface area (Å²) in [7, 11) is -1.74. The lowest BCUT2D eigenvalue weighted by Gasteiger charge is -2.27. The Labute approximate surface area is 117 Å². The molecule has 2 N–H and O–H groups in total. The highest BCUT2D eigenvalue weighted by atomic mass is 32.2. The monoisotopic (exact) mass is 291 g/mol. The van der Waals surface area contributed by atoms with Crippen LogP contribution in [0.1, 0.15) is 48.0 Å². The molecular formula is C13H25NO4S. The molecule has 3 atom stereocenters. The molecule has 0 bridgehead atoms. The molecule has 0 spiro atoms. The summed E-state index contributed by atoms with van der Waals surface area (Å²) >= 11 is 0. The minimum Gasteiger partial charge on any atom is -0.480 e. The van der Waals surface area contributed by atoms with Gasteiger partial charge in [-0.25, -0.2) is 0 Å². The van der Waals surface area contributed by atoms with E-state index in [1.165, 1.54) is 6.92 Å². The van der Waals surface area contributed by atoms with Crippen molar-refractivity contribution in [3.05, 3.63) is 0 Å². The van der Waals surface area contributed by atoms with Gasteiger partial charge in [0.05, 0.1) is 0 Å². The summed E-state index contributed by atoms with van der Waals surface area (Å²) < 4.78 is 12.2. The second kappa shape index (κ2) is 7.03. The van der Waals surface area contributed by atoms with Crippen molar-refractivity contribution in [2.45, 2.75) is 64.0 Å². The van der Waals surface area contributed by atoms with Gasteiger partial charge in [-0.2, -0.15) is 0 Å². The summed E-state index contributed by atoms with van der Waals surface area (Å²) in [6.07, 6.45) is 0.741. The predicted octanol–water partition coefficient (Wildman–Crippen LogP) is 1.54. The minimum atomic E-state index is -1.74. The summed E-state index contributed by atoms with van der Waals surface area (Å²) in [5.74, 6) is -1.77. The van der Waals surface area contributed by atoms with Gasteiger partial charge < -0.3 is 10.4 Å². The van der Waals surface area contributed by atoms with Crippen LogP contribution in [0.3, 0.4) is 0 Å². The molecule has 112 valence electrons. The van der Waals surface area contributed by atoms with Crippen LogP contribution >= 0.6 is 0 Å². The third kappa shape index (κ3) is 5.30. The van der Waals surface area contributed by atoms with Gasteiger partial charge in [0.15, 0.2) is 0 Å². The van der Waals surface area contributed by atoms with E-state index >= 15 is 0 Å². The number of hydrogen-bond acceptors (Lipinski definition) is 3. The molecule has 6 heteroatoms. The molecule has 0 aliphatic heterocycles. The van der Waals surface area contributed by atoms with Crippen molar-refractivity contribution in [3.63, 3.8) is 0 Å². The largest absolute Gasteiger partial charge is 0.480 e. The first-order valence-electron chi connectivity index (χ1n) is 6.47. The second-order valence-electron chi connectivity index (χ2n) is 5.70. The zero-order valence-corrected chi connectivity index (χ0v) is 13.3. The summed E-state index contributed by atoms with van der Waals surface area (Å²) in [6.45, 7) is 10.6. The van der Waals surface area contributed by atoms with Crippen LogP contribution in [-0.2, 0) is 20.4 Å². The number of carbonyl (C=O) groups excluding carboxylic acids is 1. The standard InChI is InChI=1S/C13H25NO4S/c1-7-13(5,6)14-11(15)9(4)19(18)10(8(2)3)12(16)17/h8-10H,7H2,1-6H3,(H,14,15)(H,16,17). The molecule has 0 aliphatic carbocycles. The average molecular weight is 291 g/mol. The lowest BCUT2D eigenvalue weighted by Crippen LogP contribution is -2.50. The smallest absolute Gasteiger partial charge is 0.319 e. The van der Waals surface area contributed by atoms with Crippen LogP contribution in [0.5, 0.6) is 0 Å². The molecule has 1 amide bonds. The van der Waals surface area contributed by atoms with Gasteiger partial charge >= 0.3 is 5.97 Å². The maximum atomic E-state index is 12.2. The van der Waals surface area contributed by atoms with Crippen LogP contribution in [-0.4, -0.2) is 37.2 Å². The number of rotatable bonds is 7. The van der Waals surface area contributed by atoms with Gasteiger partial charge in [0.2, 0.25) is 5.91 Å². The Morgan fingerprint density at radius 2 is 1.74 bits per heavy atom. The molecule has 0 saturated carbocycles. The Kier molecular flexibility index (Phi) is 6.69. The molecule has 0 radical (unpaired) electrons. The van der Waals surface area contributed by atoms with Crippen molar-refractivity contribution in [2.24, 2.45) is 5.92 Å². The number of hydrogen-bond donors (Lipinski definition) is 2. The highest BCUT2D eigenvalue weighted by molar-refractivity contribution is 7.87. The van der Waals surface area contributed by atoms with Crippen LogP contribution in [0, 0.1) is 5.92 Å². The first-order valence-corrected chi connectivity index (χ1v) is 7.75. The molecule has 0 aromatic rings. The summed E-state index contributed by atoms with van der Waals surface area (Å²) in [5.41, 5.74) is -0.383. The Hall–Kier alpha value is -0.910. The van der Waals surface area contributed by atoms with E-state index in [1.807, 2.05) is 20.8 Å². The zero-order chi connectivity index (χ0) is 15.4. The highest BCUT2D eigenvalue weighted by Gasteiger charge is 2.35. The predicted molar refractivity (Wildman–Crippen MR) is 76.4 cm³/mol. The number of aliphatic carboxylic acids is 1. The average Bonchev–Trinajstić information content (AvgIpc) is 2.26. The maximum Gasteiger partial charge on any atom is 0.319 e. The van der Waals surface area contributed by atoms with Crippen LogP contribution in [0.4, 0.5) is 0 Å². The van der Waals surface area contributed by atoms with E-state index in [0.717, 1.165) is 6.42 Å². The Morgan fingerprint density at radius 3 is 2.05 bits per heavy atom. The molecule has 0 aromatic heterocycles. The van der Waals surface area contributed by atoms with E-state index < -0.39 is 27.3 Å². The highest BCUT2D eigenvalue weighted by Crippen LogP contribution is 2.15.